The highest BCUT2D eigenvalue weighted by Crippen LogP contribution is 2.15. The van der Waals surface area contributed by atoms with Crippen molar-refractivity contribution in [2.24, 2.45) is 0 Å². The summed E-state index contributed by atoms with van der Waals surface area (Å²) in [5.74, 6) is -0.296. The summed E-state index contributed by atoms with van der Waals surface area (Å²) >= 11 is 0. The molecule has 0 aliphatic rings. The number of pyridine rings is 1. The Morgan fingerprint density at radius 3 is 2.68 bits per heavy atom. The SMILES string of the molecule is O=C(NCc1ccc(F)cc1)Nc1cnc2ccccc2c1. The zero-order chi connectivity index (χ0) is 15.4. The number of hydrogen-bond acceptors (Lipinski definition) is 2. The number of carbonyl (C=O) groups excluding carboxylic acids is 1. The Kier molecular flexibility index (Phi) is 3.96. The van der Waals surface area contributed by atoms with E-state index in [-0.39, 0.29) is 11.8 Å². The van der Waals surface area contributed by atoms with Gasteiger partial charge in [-0.3, -0.25) is 4.98 Å². The fourth-order valence-corrected chi connectivity index (χ4v) is 2.10. The van der Waals surface area contributed by atoms with Gasteiger partial charge in [0.1, 0.15) is 5.82 Å². The number of fused-ring (bicyclic) bond motifs is 1. The minimum absolute atomic E-state index is 0.296. The van der Waals surface area contributed by atoms with E-state index in [4.69, 9.17) is 0 Å². The zero-order valence-electron chi connectivity index (χ0n) is 11.7. The molecule has 0 aliphatic carbocycles. The standard InChI is InChI=1S/C17H14FN3O/c18-14-7-5-12(6-8-14)10-20-17(22)21-15-9-13-3-1-2-4-16(13)19-11-15/h1-9,11H,10H2,(H2,20,21,22). The maximum atomic E-state index is 12.8. The third-order valence-electron chi connectivity index (χ3n) is 3.21. The molecule has 2 N–H and O–H groups in total. The third kappa shape index (κ3) is 3.38. The van der Waals surface area contributed by atoms with Gasteiger partial charge in [0.2, 0.25) is 0 Å². The number of hydrogen-bond donors (Lipinski definition) is 2. The van der Waals surface area contributed by atoms with E-state index < -0.39 is 0 Å². The highest BCUT2D eigenvalue weighted by atomic mass is 19.1. The van der Waals surface area contributed by atoms with E-state index in [1.807, 2.05) is 30.3 Å². The van der Waals surface area contributed by atoms with Crippen molar-refractivity contribution in [1.29, 1.82) is 0 Å². The summed E-state index contributed by atoms with van der Waals surface area (Å²) < 4.78 is 12.8. The summed E-state index contributed by atoms with van der Waals surface area (Å²) in [6.07, 6.45) is 1.61. The predicted molar refractivity (Wildman–Crippen MR) is 84.0 cm³/mol. The molecule has 3 aromatic rings. The van der Waals surface area contributed by atoms with E-state index in [1.54, 1.807) is 18.3 Å². The molecular formula is C17H14FN3O. The molecule has 22 heavy (non-hydrogen) atoms. The molecule has 1 heterocycles. The summed E-state index contributed by atoms with van der Waals surface area (Å²) in [4.78, 5) is 16.1. The van der Waals surface area contributed by atoms with E-state index in [0.29, 0.717) is 12.2 Å². The lowest BCUT2D eigenvalue weighted by atomic mass is 10.2. The van der Waals surface area contributed by atoms with Crippen LogP contribution in [0.4, 0.5) is 14.9 Å². The second kappa shape index (κ2) is 6.22. The summed E-state index contributed by atoms with van der Waals surface area (Å²) in [5.41, 5.74) is 2.32. The molecule has 0 bridgehead atoms. The summed E-state index contributed by atoms with van der Waals surface area (Å²) in [6, 6.07) is 15.2. The van der Waals surface area contributed by atoms with Crippen LogP contribution in [0.3, 0.4) is 0 Å². The van der Waals surface area contributed by atoms with Gasteiger partial charge in [-0.2, -0.15) is 0 Å². The van der Waals surface area contributed by atoms with Gasteiger partial charge in [0.25, 0.3) is 0 Å². The number of rotatable bonds is 3. The topological polar surface area (TPSA) is 54.0 Å². The first-order valence-corrected chi connectivity index (χ1v) is 6.85. The summed E-state index contributed by atoms with van der Waals surface area (Å²) in [7, 11) is 0. The molecule has 0 atom stereocenters. The highest BCUT2D eigenvalue weighted by Gasteiger charge is 2.03. The van der Waals surface area contributed by atoms with Crippen molar-refractivity contribution in [3.05, 3.63) is 72.2 Å². The smallest absolute Gasteiger partial charge is 0.319 e. The molecule has 0 radical (unpaired) electrons. The quantitative estimate of drug-likeness (QED) is 0.774. The molecule has 2 amide bonds. The summed E-state index contributed by atoms with van der Waals surface area (Å²) in [5, 5.41) is 6.40. The number of nitrogens with zero attached hydrogens (tertiary/aromatic N) is 1. The predicted octanol–water partition coefficient (Wildman–Crippen LogP) is 3.70. The maximum absolute atomic E-state index is 12.8. The third-order valence-corrected chi connectivity index (χ3v) is 3.21. The highest BCUT2D eigenvalue weighted by molar-refractivity contribution is 5.91. The largest absolute Gasteiger partial charge is 0.334 e. The van der Waals surface area contributed by atoms with Gasteiger partial charge in [-0.05, 0) is 29.8 Å². The number of amides is 2. The Bertz CT molecular complexity index is 802. The molecule has 110 valence electrons. The molecule has 0 saturated heterocycles. The van der Waals surface area contributed by atoms with Gasteiger partial charge in [0, 0.05) is 11.9 Å². The number of nitrogens with one attached hydrogen (secondary N) is 2. The fraction of sp³-hybridized carbons (Fsp3) is 0.0588. The van der Waals surface area contributed by atoms with Crippen LogP contribution in [0, 0.1) is 5.82 Å². The Balaban J connectivity index is 1.61. The van der Waals surface area contributed by atoms with Crippen molar-refractivity contribution >= 4 is 22.6 Å². The van der Waals surface area contributed by atoms with Crippen LogP contribution in [0.5, 0.6) is 0 Å². The molecule has 5 heteroatoms. The number of anilines is 1. The van der Waals surface area contributed by atoms with Crippen LogP contribution < -0.4 is 10.6 Å². The van der Waals surface area contributed by atoms with Gasteiger partial charge in [0.05, 0.1) is 17.4 Å². The Morgan fingerprint density at radius 2 is 1.86 bits per heavy atom. The van der Waals surface area contributed by atoms with E-state index >= 15 is 0 Å². The molecule has 2 aromatic carbocycles. The van der Waals surface area contributed by atoms with Crippen molar-refractivity contribution in [2.45, 2.75) is 6.54 Å². The van der Waals surface area contributed by atoms with Crippen LogP contribution >= 0.6 is 0 Å². The lowest BCUT2D eigenvalue weighted by Crippen LogP contribution is -2.28. The lowest BCUT2D eigenvalue weighted by molar-refractivity contribution is 0.251. The number of benzene rings is 2. The van der Waals surface area contributed by atoms with Crippen molar-refractivity contribution in [3.63, 3.8) is 0 Å². The zero-order valence-corrected chi connectivity index (χ0v) is 11.7. The van der Waals surface area contributed by atoms with Crippen molar-refractivity contribution in [3.8, 4) is 0 Å². The Hall–Kier alpha value is -2.95. The molecule has 0 unspecified atom stereocenters. The molecule has 0 saturated carbocycles. The summed E-state index contributed by atoms with van der Waals surface area (Å²) in [6.45, 7) is 0.327. The molecule has 3 rings (SSSR count). The fourth-order valence-electron chi connectivity index (χ4n) is 2.10. The van der Waals surface area contributed by atoms with Crippen LogP contribution in [0.25, 0.3) is 10.9 Å². The van der Waals surface area contributed by atoms with Gasteiger partial charge in [-0.15, -0.1) is 0 Å². The first-order chi connectivity index (χ1) is 10.7. The molecular weight excluding hydrogens is 281 g/mol. The van der Waals surface area contributed by atoms with E-state index in [9.17, 15) is 9.18 Å². The molecule has 4 nitrogen and oxygen atoms in total. The number of urea groups is 1. The first kappa shape index (κ1) is 14.0. The molecule has 0 fully saturated rings. The number of carbonyl (C=O) groups is 1. The number of aromatic nitrogens is 1. The van der Waals surface area contributed by atoms with Crippen LogP contribution in [-0.2, 0) is 6.54 Å². The first-order valence-electron chi connectivity index (χ1n) is 6.85. The van der Waals surface area contributed by atoms with Crippen molar-refractivity contribution in [1.82, 2.24) is 10.3 Å². The average Bonchev–Trinajstić information content (AvgIpc) is 2.54. The molecule has 1 aromatic heterocycles. The lowest BCUT2D eigenvalue weighted by Gasteiger charge is -2.08. The van der Waals surface area contributed by atoms with E-state index in [2.05, 4.69) is 15.6 Å². The molecule has 0 spiro atoms. The monoisotopic (exact) mass is 295 g/mol. The van der Waals surface area contributed by atoms with Gasteiger partial charge in [0.15, 0.2) is 0 Å². The van der Waals surface area contributed by atoms with E-state index in [1.165, 1.54) is 12.1 Å². The van der Waals surface area contributed by atoms with Crippen LogP contribution in [0.2, 0.25) is 0 Å². The van der Waals surface area contributed by atoms with E-state index in [0.717, 1.165) is 16.5 Å². The Morgan fingerprint density at radius 1 is 1.09 bits per heavy atom. The minimum atomic E-state index is -0.332. The van der Waals surface area contributed by atoms with Crippen molar-refractivity contribution in [2.75, 3.05) is 5.32 Å². The average molecular weight is 295 g/mol. The number of halogens is 1. The number of para-hydroxylation sites is 1. The maximum Gasteiger partial charge on any atom is 0.319 e. The van der Waals surface area contributed by atoms with Gasteiger partial charge >= 0.3 is 6.03 Å². The van der Waals surface area contributed by atoms with Crippen LogP contribution in [-0.4, -0.2) is 11.0 Å². The second-order valence-corrected chi connectivity index (χ2v) is 4.85. The van der Waals surface area contributed by atoms with Crippen LogP contribution in [0.1, 0.15) is 5.56 Å². The van der Waals surface area contributed by atoms with Crippen LogP contribution in [0.15, 0.2) is 60.8 Å². The van der Waals surface area contributed by atoms with Gasteiger partial charge in [-0.25, -0.2) is 9.18 Å². The van der Waals surface area contributed by atoms with Crippen molar-refractivity contribution < 1.29 is 9.18 Å². The second-order valence-electron chi connectivity index (χ2n) is 4.85. The minimum Gasteiger partial charge on any atom is -0.334 e. The van der Waals surface area contributed by atoms with Gasteiger partial charge < -0.3 is 10.6 Å². The Labute approximate surface area is 127 Å². The normalized spacial score (nSPS) is 10.4. The molecule has 0 aliphatic heterocycles. The van der Waals surface area contributed by atoms with Gasteiger partial charge in [-0.1, -0.05) is 30.3 Å².